The van der Waals surface area contributed by atoms with Gasteiger partial charge >= 0.3 is 0 Å². The number of pyridine rings is 1. The highest BCUT2D eigenvalue weighted by Gasteiger charge is 2.16. The molecule has 0 radical (unpaired) electrons. The van der Waals surface area contributed by atoms with Crippen molar-refractivity contribution >= 4 is 23.2 Å². The quantitative estimate of drug-likeness (QED) is 0.869. The predicted octanol–water partition coefficient (Wildman–Crippen LogP) is 4.65. The maximum absolute atomic E-state index is 6.15. The van der Waals surface area contributed by atoms with Crippen molar-refractivity contribution in [2.24, 2.45) is 0 Å². The van der Waals surface area contributed by atoms with Crippen molar-refractivity contribution in [1.82, 2.24) is 10.3 Å². The summed E-state index contributed by atoms with van der Waals surface area (Å²) in [5, 5.41) is 4.67. The highest BCUT2D eigenvalue weighted by Crippen LogP contribution is 2.30. The third kappa shape index (κ3) is 3.32. The van der Waals surface area contributed by atoms with Gasteiger partial charge in [0, 0.05) is 12.4 Å². The molecule has 4 heteroatoms. The molecule has 2 nitrogen and oxygen atoms in total. The zero-order chi connectivity index (χ0) is 14.5. The monoisotopic (exact) mass is 308 g/mol. The van der Waals surface area contributed by atoms with Crippen LogP contribution in [0.1, 0.15) is 36.6 Å². The first-order valence-electron chi connectivity index (χ1n) is 6.78. The first-order valence-corrected chi connectivity index (χ1v) is 7.54. The van der Waals surface area contributed by atoms with E-state index >= 15 is 0 Å². The van der Waals surface area contributed by atoms with Crippen molar-refractivity contribution in [2.75, 3.05) is 6.54 Å². The van der Waals surface area contributed by atoms with Crippen molar-refractivity contribution in [3.05, 3.63) is 63.4 Å². The van der Waals surface area contributed by atoms with E-state index in [9.17, 15) is 0 Å². The average Bonchev–Trinajstić information content (AvgIpc) is 2.48. The fraction of sp³-hybridized carbons (Fsp3) is 0.312. The number of aryl methyl sites for hydroxylation is 1. The van der Waals surface area contributed by atoms with Crippen molar-refractivity contribution < 1.29 is 0 Å². The summed E-state index contributed by atoms with van der Waals surface area (Å²) in [6.45, 7) is 5.10. The summed E-state index contributed by atoms with van der Waals surface area (Å²) >= 11 is 12.2. The van der Waals surface area contributed by atoms with E-state index in [1.807, 2.05) is 30.6 Å². The standard InChI is InChI=1S/C16H18Cl2N2/c1-3-11-10-19-8-7-13(11)16(20-4-2)12-5-6-14(17)15(18)9-12/h5-10,16,20H,3-4H2,1-2H3. The summed E-state index contributed by atoms with van der Waals surface area (Å²) in [4.78, 5) is 4.21. The SMILES string of the molecule is CCNC(c1ccc(Cl)c(Cl)c1)c1ccncc1CC. The Balaban J connectivity index is 2.47. The van der Waals surface area contributed by atoms with Gasteiger partial charge in [-0.25, -0.2) is 0 Å². The lowest BCUT2D eigenvalue weighted by Crippen LogP contribution is -2.23. The first-order chi connectivity index (χ1) is 9.67. The van der Waals surface area contributed by atoms with Crippen molar-refractivity contribution in [1.29, 1.82) is 0 Å². The summed E-state index contributed by atoms with van der Waals surface area (Å²) in [6, 6.07) is 7.96. The smallest absolute Gasteiger partial charge is 0.0595 e. The lowest BCUT2D eigenvalue weighted by Gasteiger charge is -2.21. The molecule has 2 aromatic rings. The van der Waals surface area contributed by atoms with Crippen LogP contribution in [0.4, 0.5) is 0 Å². The summed E-state index contributed by atoms with van der Waals surface area (Å²) in [5.41, 5.74) is 3.59. The van der Waals surface area contributed by atoms with E-state index < -0.39 is 0 Å². The van der Waals surface area contributed by atoms with E-state index in [-0.39, 0.29) is 6.04 Å². The summed E-state index contributed by atoms with van der Waals surface area (Å²) < 4.78 is 0. The number of aromatic nitrogens is 1. The highest BCUT2D eigenvalue weighted by molar-refractivity contribution is 6.42. The van der Waals surface area contributed by atoms with Gasteiger partial charge in [-0.05, 0) is 47.9 Å². The van der Waals surface area contributed by atoms with Crippen molar-refractivity contribution in [2.45, 2.75) is 26.3 Å². The third-order valence-electron chi connectivity index (χ3n) is 3.32. The molecule has 1 N–H and O–H groups in total. The molecule has 2 rings (SSSR count). The van der Waals surface area contributed by atoms with Crippen LogP contribution in [-0.2, 0) is 6.42 Å². The largest absolute Gasteiger partial charge is 0.307 e. The minimum atomic E-state index is 0.104. The molecular formula is C16H18Cl2N2. The van der Waals surface area contributed by atoms with E-state index in [1.54, 1.807) is 0 Å². The Morgan fingerprint density at radius 1 is 1.15 bits per heavy atom. The Labute approximate surface area is 130 Å². The molecule has 20 heavy (non-hydrogen) atoms. The van der Waals surface area contributed by atoms with E-state index in [2.05, 4.69) is 30.2 Å². The molecule has 0 aliphatic carbocycles. The minimum absolute atomic E-state index is 0.104. The second-order valence-corrected chi connectivity index (χ2v) is 5.41. The molecule has 1 atom stereocenters. The van der Waals surface area contributed by atoms with Crippen molar-refractivity contribution in [3.8, 4) is 0 Å². The molecule has 0 saturated heterocycles. The Bertz CT molecular complexity index is 584. The topological polar surface area (TPSA) is 24.9 Å². The second-order valence-electron chi connectivity index (χ2n) is 4.59. The Hall–Kier alpha value is -1.09. The van der Waals surface area contributed by atoms with Crippen LogP contribution in [0.3, 0.4) is 0 Å². The molecule has 0 saturated carbocycles. The lowest BCUT2D eigenvalue weighted by molar-refractivity contribution is 0.624. The molecule has 1 unspecified atom stereocenters. The van der Waals surface area contributed by atoms with Gasteiger partial charge in [-0.2, -0.15) is 0 Å². The minimum Gasteiger partial charge on any atom is -0.307 e. The zero-order valence-corrected chi connectivity index (χ0v) is 13.2. The van der Waals surface area contributed by atoms with E-state index in [1.165, 1.54) is 11.1 Å². The van der Waals surface area contributed by atoms with Gasteiger partial charge < -0.3 is 5.32 Å². The molecule has 106 valence electrons. The van der Waals surface area contributed by atoms with Crippen LogP contribution in [0.25, 0.3) is 0 Å². The molecule has 0 spiro atoms. The fourth-order valence-corrected chi connectivity index (χ4v) is 2.62. The summed E-state index contributed by atoms with van der Waals surface area (Å²) in [7, 11) is 0. The number of halogens is 2. The predicted molar refractivity (Wildman–Crippen MR) is 85.6 cm³/mol. The third-order valence-corrected chi connectivity index (χ3v) is 4.06. The van der Waals surface area contributed by atoms with Gasteiger partial charge in [0.05, 0.1) is 16.1 Å². The average molecular weight is 309 g/mol. The van der Waals surface area contributed by atoms with Crippen LogP contribution in [0.2, 0.25) is 10.0 Å². The highest BCUT2D eigenvalue weighted by atomic mass is 35.5. The summed E-state index contributed by atoms with van der Waals surface area (Å²) in [6.07, 6.45) is 4.71. The number of hydrogen-bond donors (Lipinski definition) is 1. The fourth-order valence-electron chi connectivity index (χ4n) is 2.32. The molecule has 0 bridgehead atoms. The molecule has 0 amide bonds. The van der Waals surface area contributed by atoms with Gasteiger partial charge in [-0.15, -0.1) is 0 Å². The maximum atomic E-state index is 6.15. The Kier molecular flexibility index (Phi) is 5.41. The van der Waals surface area contributed by atoms with Gasteiger partial charge in [0.25, 0.3) is 0 Å². The van der Waals surface area contributed by atoms with Crippen LogP contribution >= 0.6 is 23.2 Å². The van der Waals surface area contributed by atoms with E-state index in [0.29, 0.717) is 10.0 Å². The van der Waals surface area contributed by atoms with Crippen LogP contribution in [0.5, 0.6) is 0 Å². The maximum Gasteiger partial charge on any atom is 0.0595 e. The number of nitrogens with zero attached hydrogens (tertiary/aromatic N) is 1. The summed E-state index contributed by atoms with van der Waals surface area (Å²) in [5.74, 6) is 0. The van der Waals surface area contributed by atoms with Gasteiger partial charge in [-0.1, -0.05) is 43.1 Å². The van der Waals surface area contributed by atoms with E-state index in [4.69, 9.17) is 23.2 Å². The zero-order valence-electron chi connectivity index (χ0n) is 11.7. The van der Waals surface area contributed by atoms with Gasteiger partial charge in [0.1, 0.15) is 0 Å². The number of nitrogens with one attached hydrogen (secondary N) is 1. The van der Waals surface area contributed by atoms with Gasteiger partial charge in [-0.3, -0.25) is 4.98 Å². The molecular weight excluding hydrogens is 291 g/mol. The normalized spacial score (nSPS) is 12.4. The lowest BCUT2D eigenvalue weighted by atomic mass is 9.95. The van der Waals surface area contributed by atoms with Crippen LogP contribution in [0.15, 0.2) is 36.7 Å². The number of hydrogen-bond acceptors (Lipinski definition) is 2. The number of rotatable bonds is 5. The van der Waals surface area contributed by atoms with Crippen LogP contribution in [0, 0.1) is 0 Å². The second kappa shape index (κ2) is 7.07. The van der Waals surface area contributed by atoms with Crippen LogP contribution < -0.4 is 5.32 Å². The Morgan fingerprint density at radius 3 is 2.60 bits per heavy atom. The van der Waals surface area contributed by atoms with E-state index in [0.717, 1.165) is 18.5 Å². The molecule has 0 aliphatic heterocycles. The molecule has 1 aromatic heterocycles. The molecule has 1 heterocycles. The first kappa shape index (κ1) is 15.3. The molecule has 1 aromatic carbocycles. The van der Waals surface area contributed by atoms with Gasteiger partial charge in [0.2, 0.25) is 0 Å². The number of benzene rings is 1. The molecule has 0 fully saturated rings. The van der Waals surface area contributed by atoms with Crippen molar-refractivity contribution in [3.63, 3.8) is 0 Å². The Morgan fingerprint density at radius 2 is 1.95 bits per heavy atom. The molecule has 0 aliphatic rings. The van der Waals surface area contributed by atoms with Crippen LogP contribution in [-0.4, -0.2) is 11.5 Å². The van der Waals surface area contributed by atoms with Gasteiger partial charge in [0.15, 0.2) is 0 Å².